The third-order valence-corrected chi connectivity index (χ3v) is 3.12. The minimum absolute atomic E-state index is 0.0456. The summed E-state index contributed by atoms with van der Waals surface area (Å²) in [6.45, 7) is 0. The molecule has 2 rings (SSSR count). The van der Waals surface area contributed by atoms with Crippen LogP contribution in [-0.2, 0) is 20.5 Å². The normalized spacial score (nSPS) is 18.2. The molecule has 1 heterocycles. The highest BCUT2D eigenvalue weighted by Crippen LogP contribution is 2.20. The Bertz CT molecular complexity index is 491. The van der Waals surface area contributed by atoms with Crippen LogP contribution in [0.15, 0.2) is 28.7 Å². The quantitative estimate of drug-likeness (QED) is 0.641. The largest absolute Gasteiger partial charge is 0.480 e. The summed E-state index contributed by atoms with van der Waals surface area (Å²) in [5, 5.41) is 0. The van der Waals surface area contributed by atoms with Crippen LogP contribution in [0.2, 0.25) is 0 Å². The van der Waals surface area contributed by atoms with E-state index in [4.69, 9.17) is 4.74 Å². The summed E-state index contributed by atoms with van der Waals surface area (Å²) in [5.74, 6) is 0.127. The predicted molar refractivity (Wildman–Crippen MR) is 52.6 cm³/mol. The van der Waals surface area contributed by atoms with Gasteiger partial charge in [0.15, 0.2) is 0 Å². The molecule has 14 heavy (non-hydrogen) atoms. The zero-order chi connectivity index (χ0) is 10.2. The Kier molecular flexibility index (Phi) is 2.03. The molecule has 0 radical (unpaired) electrons. The minimum atomic E-state index is -3.39. The molecule has 1 aromatic carbocycles. The Labute approximate surface area is 82.3 Å². The van der Waals surface area contributed by atoms with Gasteiger partial charge in [0.1, 0.15) is 0 Å². The van der Waals surface area contributed by atoms with Crippen LogP contribution in [0.1, 0.15) is 11.1 Å². The fraction of sp³-hybridized carbons (Fsp3) is 0.222. The van der Waals surface area contributed by atoms with Gasteiger partial charge < -0.3 is 4.74 Å². The number of fused-ring (bicyclic) bond motifs is 1. The summed E-state index contributed by atoms with van der Waals surface area (Å²) in [4.78, 5) is 0. The molecule has 0 aromatic heterocycles. The van der Waals surface area contributed by atoms with Gasteiger partial charge in [-0.2, -0.15) is 0 Å². The van der Waals surface area contributed by atoms with Crippen LogP contribution in [0.4, 0.5) is 0 Å². The van der Waals surface area contributed by atoms with Crippen LogP contribution < -0.4 is 0 Å². The first-order valence-corrected chi connectivity index (χ1v) is 5.68. The molecular weight excluding hydrogens is 202 g/mol. The Morgan fingerprint density at radius 2 is 2.07 bits per heavy atom. The van der Waals surface area contributed by atoms with Gasteiger partial charge in [0.25, 0.3) is 10.0 Å². The first-order chi connectivity index (χ1) is 6.62. The van der Waals surface area contributed by atoms with Crippen LogP contribution in [0.3, 0.4) is 0 Å². The van der Waals surface area contributed by atoms with E-state index in [2.05, 4.69) is 4.40 Å². The van der Waals surface area contributed by atoms with Crippen molar-refractivity contribution in [1.29, 1.82) is 0 Å². The lowest BCUT2D eigenvalue weighted by Crippen LogP contribution is -2.18. The van der Waals surface area contributed by atoms with Crippen LogP contribution in [0.25, 0.3) is 0 Å². The average molecular weight is 211 g/mol. The predicted octanol–water partition coefficient (Wildman–Crippen LogP) is 0.923. The van der Waals surface area contributed by atoms with Crippen molar-refractivity contribution in [2.45, 2.75) is 5.75 Å². The topological polar surface area (TPSA) is 55.7 Å². The van der Waals surface area contributed by atoms with Crippen molar-refractivity contribution in [3.8, 4) is 0 Å². The molecule has 1 aliphatic heterocycles. The van der Waals surface area contributed by atoms with Gasteiger partial charge in [0.2, 0.25) is 5.90 Å². The molecule has 0 bridgehead atoms. The summed E-state index contributed by atoms with van der Waals surface area (Å²) in [6, 6.07) is 7.19. The molecule has 1 aromatic rings. The molecule has 74 valence electrons. The highest BCUT2D eigenvalue weighted by atomic mass is 32.2. The lowest BCUT2D eigenvalue weighted by atomic mass is 10.1. The van der Waals surface area contributed by atoms with Crippen LogP contribution >= 0.6 is 0 Å². The number of benzene rings is 1. The van der Waals surface area contributed by atoms with Gasteiger partial charge in [-0.3, -0.25) is 0 Å². The Morgan fingerprint density at radius 1 is 1.36 bits per heavy atom. The lowest BCUT2D eigenvalue weighted by Gasteiger charge is -2.14. The van der Waals surface area contributed by atoms with E-state index >= 15 is 0 Å². The van der Waals surface area contributed by atoms with E-state index in [1.54, 1.807) is 18.2 Å². The average Bonchev–Trinajstić information content (AvgIpc) is 2.15. The number of nitrogens with zero attached hydrogens (tertiary/aromatic N) is 1. The summed E-state index contributed by atoms with van der Waals surface area (Å²) in [6.07, 6.45) is 0. The van der Waals surface area contributed by atoms with E-state index in [0.29, 0.717) is 0 Å². The fourth-order valence-electron chi connectivity index (χ4n) is 1.41. The van der Waals surface area contributed by atoms with E-state index in [0.717, 1.165) is 11.1 Å². The second-order valence-electron chi connectivity index (χ2n) is 2.98. The van der Waals surface area contributed by atoms with Crippen molar-refractivity contribution in [3.05, 3.63) is 35.4 Å². The molecule has 0 amide bonds. The molecule has 0 fully saturated rings. The molecule has 1 aliphatic rings. The van der Waals surface area contributed by atoms with Crippen LogP contribution in [-0.4, -0.2) is 21.4 Å². The Hall–Kier alpha value is -1.36. The van der Waals surface area contributed by atoms with Gasteiger partial charge in [0, 0.05) is 5.56 Å². The molecule has 0 atom stereocenters. The van der Waals surface area contributed by atoms with Crippen molar-refractivity contribution < 1.29 is 13.2 Å². The zero-order valence-corrected chi connectivity index (χ0v) is 8.41. The number of rotatable bonds is 0. The molecule has 0 saturated heterocycles. The summed E-state index contributed by atoms with van der Waals surface area (Å²) in [5.41, 5.74) is 1.49. The van der Waals surface area contributed by atoms with Gasteiger partial charge >= 0.3 is 0 Å². The second-order valence-corrected chi connectivity index (χ2v) is 4.62. The second kappa shape index (κ2) is 3.09. The SMILES string of the molecule is COC1=NS(=O)(=O)Cc2ccccc21. The van der Waals surface area contributed by atoms with Gasteiger partial charge in [-0.25, -0.2) is 8.42 Å². The van der Waals surface area contributed by atoms with Crippen LogP contribution in [0.5, 0.6) is 0 Å². The molecule has 5 heteroatoms. The number of hydrogen-bond donors (Lipinski definition) is 0. The Morgan fingerprint density at radius 3 is 2.79 bits per heavy atom. The van der Waals surface area contributed by atoms with E-state index < -0.39 is 10.0 Å². The van der Waals surface area contributed by atoms with E-state index in [1.165, 1.54) is 7.11 Å². The van der Waals surface area contributed by atoms with Gasteiger partial charge in [-0.15, -0.1) is 4.40 Å². The maximum Gasteiger partial charge on any atom is 0.260 e. The number of methoxy groups -OCH3 is 1. The Balaban J connectivity index is 2.65. The van der Waals surface area contributed by atoms with Crippen LogP contribution in [0, 0.1) is 0 Å². The van der Waals surface area contributed by atoms with E-state index in [1.807, 2.05) is 6.07 Å². The standard InChI is InChI=1S/C9H9NO3S/c1-13-9-8-5-3-2-4-7(8)6-14(11,12)10-9/h2-5H,6H2,1H3. The third-order valence-electron chi connectivity index (χ3n) is 2.00. The van der Waals surface area contributed by atoms with Crippen molar-refractivity contribution in [2.24, 2.45) is 4.40 Å². The zero-order valence-electron chi connectivity index (χ0n) is 7.60. The maximum absolute atomic E-state index is 11.3. The first kappa shape index (κ1) is 9.21. The summed E-state index contributed by atoms with van der Waals surface area (Å²) >= 11 is 0. The number of sulfonamides is 1. The van der Waals surface area contributed by atoms with Crippen molar-refractivity contribution in [3.63, 3.8) is 0 Å². The monoisotopic (exact) mass is 211 g/mol. The first-order valence-electron chi connectivity index (χ1n) is 4.07. The molecule has 0 N–H and O–H groups in total. The molecular formula is C9H9NO3S. The minimum Gasteiger partial charge on any atom is -0.480 e. The van der Waals surface area contributed by atoms with E-state index in [-0.39, 0.29) is 11.7 Å². The third kappa shape index (κ3) is 1.50. The molecule has 0 unspecified atom stereocenters. The summed E-state index contributed by atoms with van der Waals surface area (Å²) < 4.78 is 31.1. The van der Waals surface area contributed by atoms with Crippen molar-refractivity contribution in [2.75, 3.05) is 7.11 Å². The van der Waals surface area contributed by atoms with E-state index in [9.17, 15) is 8.42 Å². The van der Waals surface area contributed by atoms with Gasteiger partial charge in [0.05, 0.1) is 12.9 Å². The number of hydrogen-bond acceptors (Lipinski definition) is 3. The van der Waals surface area contributed by atoms with Gasteiger partial charge in [-0.1, -0.05) is 18.2 Å². The number of ether oxygens (including phenoxy) is 1. The maximum atomic E-state index is 11.3. The molecule has 4 nitrogen and oxygen atoms in total. The smallest absolute Gasteiger partial charge is 0.260 e. The van der Waals surface area contributed by atoms with Crippen molar-refractivity contribution >= 4 is 15.9 Å². The fourth-order valence-corrected chi connectivity index (χ4v) is 2.54. The molecule has 0 aliphatic carbocycles. The van der Waals surface area contributed by atoms with Gasteiger partial charge in [-0.05, 0) is 11.6 Å². The molecule has 0 saturated carbocycles. The summed E-state index contributed by atoms with van der Waals surface area (Å²) in [7, 11) is -1.98. The highest BCUT2D eigenvalue weighted by Gasteiger charge is 2.23. The molecule has 0 spiro atoms. The lowest BCUT2D eigenvalue weighted by molar-refractivity contribution is 0.404. The highest BCUT2D eigenvalue weighted by molar-refractivity contribution is 7.89. The van der Waals surface area contributed by atoms with Crippen molar-refractivity contribution in [1.82, 2.24) is 0 Å².